The largest absolute Gasteiger partial charge is 0.416 e. The number of morpholine rings is 1. The number of carbonyl (C=O) groups is 2. The normalized spacial score (nSPS) is 14.1. The summed E-state index contributed by atoms with van der Waals surface area (Å²) in [5.41, 5.74) is -0.187. The number of urea groups is 1. The van der Waals surface area contributed by atoms with Crippen molar-refractivity contribution in [2.24, 2.45) is 0 Å². The van der Waals surface area contributed by atoms with Gasteiger partial charge in [0.25, 0.3) is 0 Å². The topological polar surface area (TPSA) is 65.1 Å². The number of ether oxygens (including phenoxy) is 1. The molecule has 0 bridgehead atoms. The third kappa shape index (κ3) is 8.77. The summed E-state index contributed by atoms with van der Waals surface area (Å²) in [4.78, 5) is 32.8. The third-order valence-electron chi connectivity index (χ3n) is 6.41. The van der Waals surface area contributed by atoms with Crippen LogP contribution >= 0.6 is 11.3 Å². The van der Waals surface area contributed by atoms with Gasteiger partial charge in [-0.1, -0.05) is 24.3 Å². The minimum absolute atomic E-state index is 0.0228. The second-order valence-corrected chi connectivity index (χ2v) is 10.4. The zero-order valence-electron chi connectivity index (χ0n) is 21.7. The molecule has 1 fully saturated rings. The maximum absolute atomic E-state index is 13.6. The number of halogens is 4. The van der Waals surface area contributed by atoms with Crippen molar-refractivity contribution in [1.82, 2.24) is 14.7 Å². The Balaban J connectivity index is 1.51. The first kappa shape index (κ1) is 29.5. The van der Waals surface area contributed by atoms with E-state index >= 15 is 0 Å². The molecule has 3 aromatic rings. The fourth-order valence-electron chi connectivity index (χ4n) is 4.21. The Hall–Kier alpha value is -3.48. The van der Waals surface area contributed by atoms with Crippen LogP contribution in [0.2, 0.25) is 0 Å². The number of hydrogen-bond donors (Lipinski definition) is 1. The van der Waals surface area contributed by atoms with Crippen LogP contribution in [0.15, 0.2) is 66.0 Å². The number of rotatable bonds is 10. The Morgan fingerprint density at radius 1 is 0.975 bits per heavy atom. The summed E-state index contributed by atoms with van der Waals surface area (Å²) < 4.78 is 58.4. The van der Waals surface area contributed by atoms with Gasteiger partial charge in [0.1, 0.15) is 12.4 Å². The monoisotopic (exact) mass is 578 g/mol. The molecule has 1 aliphatic rings. The highest BCUT2D eigenvalue weighted by atomic mass is 32.1. The van der Waals surface area contributed by atoms with Gasteiger partial charge in [-0.05, 0) is 47.3 Å². The molecule has 12 heteroatoms. The molecule has 0 radical (unpaired) electrons. The Morgan fingerprint density at radius 2 is 1.73 bits per heavy atom. The predicted octanol–water partition coefficient (Wildman–Crippen LogP) is 5.30. The standard InChI is InChI=1S/C28H30F4N4O3S/c29-23-8-6-21(7-9-23)18-36(19-25-5-2-16-40-25)26(37)20-35(11-10-34-12-14-39-15-13-34)27(38)33-24-4-1-3-22(17-24)28(30,31)32/h1-9,16-17H,10-15,18-20H2,(H,33,38). The summed E-state index contributed by atoms with van der Waals surface area (Å²) in [6.07, 6.45) is -4.56. The molecule has 1 aliphatic heterocycles. The van der Waals surface area contributed by atoms with Crippen molar-refractivity contribution < 1.29 is 31.9 Å². The molecule has 214 valence electrons. The van der Waals surface area contributed by atoms with Gasteiger partial charge in [0.05, 0.1) is 25.3 Å². The van der Waals surface area contributed by atoms with Gasteiger partial charge in [-0.2, -0.15) is 13.2 Å². The number of carbonyl (C=O) groups excluding carboxylic acids is 2. The molecule has 0 unspecified atom stereocenters. The van der Waals surface area contributed by atoms with Crippen LogP contribution in [-0.2, 0) is 28.8 Å². The molecule has 0 atom stereocenters. The number of hydrogen-bond acceptors (Lipinski definition) is 5. The Bertz CT molecular complexity index is 1250. The predicted molar refractivity (Wildman–Crippen MR) is 144 cm³/mol. The first-order valence-corrected chi connectivity index (χ1v) is 13.6. The summed E-state index contributed by atoms with van der Waals surface area (Å²) in [5.74, 6) is -0.737. The van der Waals surface area contributed by atoms with Gasteiger partial charge >= 0.3 is 12.2 Å². The quantitative estimate of drug-likeness (QED) is 0.332. The summed E-state index contributed by atoms with van der Waals surface area (Å²) in [5, 5.41) is 4.42. The molecule has 3 amide bonds. The zero-order chi connectivity index (χ0) is 28.5. The highest BCUT2D eigenvalue weighted by Crippen LogP contribution is 2.30. The molecule has 1 aromatic heterocycles. The van der Waals surface area contributed by atoms with E-state index in [9.17, 15) is 27.2 Å². The molecule has 4 rings (SSSR count). The number of anilines is 1. The molecule has 1 N–H and O–H groups in total. The van der Waals surface area contributed by atoms with E-state index in [2.05, 4.69) is 10.2 Å². The number of benzene rings is 2. The molecule has 7 nitrogen and oxygen atoms in total. The first-order valence-electron chi connectivity index (χ1n) is 12.8. The summed E-state index contributed by atoms with van der Waals surface area (Å²) in [6.45, 7) is 3.31. The van der Waals surface area contributed by atoms with Gasteiger partial charge in [0, 0.05) is 43.3 Å². The van der Waals surface area contributed by atoms with E-state index in [1.165, 1.54) is 40.5 Å². The lowest BCUT2D eigenvalue weighted by molar-refractivity contribution is -0.137. The lowest BCUT2D eigenvalue weighted by atomic mass is 10.2. The maximum Gasteiger partial charge on any atom is 0.416 e. The molecule has 2 aromatic carbocycles. The van der Waals surface area contributed by atoms with E-state index in [1.54, 1.807) is 17.0 Å². The van der Waals surface area contributed by atoms with Crippen molar-refractivity contribution in [1.29, 1.82) is 0 Å². The average molecular weight is 579 g/mol. The van der Waals surface area contributed by atoms with Gasteiger partial charge in [-0.25, -0.2) is 9.18 Å². The number of amides is 3. The van der Waals surface area contributed by atoms with Crippen molar-refractivity contribution in [2.45, 2.75) is 19.3 Å². The summed E-state index contributed by atoms with van der Waals surface area (Å²) >= 11 is 1.48. The van der Waals surface area contributed by atoms with Crippen LogP contribution in [0.25, 0.3) is 0 Å². The lowest BCUT2D eigenvalue weighted by Crippen LogP contribution is -2.48. The van der Waals surface area contributed by atoms with Crippen molar-refractivity contribution in [2.75, 3.05) is 51.3 Å². The first-order chi connectivity index (χ1) is 19.2. The van der Waals surface area contributed by atoms with Crippen molar-refractivity contribution in [3.63, 3.8) is 0 Å². The molecule has 0 aliphatic carbocycles. The van der Waals surface area contributed by atoms with Crippen LogP contribution < -0.4 is 5.32 Å². The van der Waals surface area contributed by atoms with E-state index in [1.807, 2.05) is 17.5 Å². The molecular weight excluding hydrogens is 548 g/mol. The van der Waals surface area contributed by atoms with Gasteiger partial charge in [0.2, 0.25) is 5.91 Å². The Labute approximate surface area is 233 Å². The third-order valence-corrected chi connectivity index (χ3v) is 7.27. The van der Waals surface area contributed by atoms with E-state index in [-0.39, 0.29) is 37.0 Å². The Kier molecular flexibility index (Phi) is 10.1. The van der Waals surface area contributed by atoms with Crippen LogP contribution in [0.3, 0.4) is 0 Å². The zero-order valence-corrected chi connectivity index (χ0v) is 22.5. The Morgan fingerprint density at radius 3 is 2.40 bits per heavy atom. The summed E-state index contributed by atoms with van der Waals surface area (Å²) in [6, 6.07) is 13.3. The SMILES string of the molecule is O=C(CN(CCN1CCOCC1)C(=O)Nc1cccc(C(F)(F)F)c1)N(Cc1ccc(F)cc1)Cc1cccs1. The molecular formula is C28H30F4N4O3S. The van der Waals surface area contributed by atoms with E-state index in [0.29, 0.717) is 39.4 Å². The second-order valence-electron chi connectivity index (χ2n) is 9.34. The molecule has 2 heterocycles. The highest BCUT2D eigenvalue weighted by Gasteiger charge is 2.31. The van der Waals surface area contributed by atoms with Gasteiger partial charge in [0.15, 0.2) is 0 Å². The average Bonchev–Trinajstić information content (AvgIpc) is 3.45. The number of alkyl halides is 3. The smallest absolute Gasteiger partial charge is 0.379 e. The van der Waals surface area contributed by atoms with Crippen LogP contribution in [0.4, 0.5) is 28.0 Å². The van der Waals surface area contributed by atoms with Gasteiger partial charge in [-0.3, -0.25) is 9.69 Å². The minimum atomic E-state index is -4.56. The van der Waals surface area contributed by atoms with Crippen molar-refractivity contribution in [3.8, 4) is 0 Å². The van der Waals surface area contributed by atoms with E-state index in [4.69, 9.17) is 4.74 Å². The van der Waals surface area contributed by atoms with Gasteiger partial charge < -0.3 is 19.9 Å². The fourth-order valence-corrected chi connectivity index (χ4v) is 4.93. The number of nitrogens with one attached hydrogen (secondary N) is 1. The van der Waals surface area contributed by atoms with Crippen LogP contribution in [-0.4, -0.2) is 72.6 Å². The summed E-state index contributed by atoms with van der Waals surface area (Å²) in [7, 11) is 0. The number of thiophene rings is 1. The van der Waals surface area contributed by atoms with Crippen molar-refractivity contribution >= 4 is 29.0 Å². The van der Waals surface area contributed by atoms with Crippen molar-refractivity contribution in [3.05, 3.63) is 87.9 Å². The van der Waals surface area contributed by atoms with Crippen LogP contribution in [0.1, 0.15) is 16.0 Å². The van der Waals surface area contributed by atoms with Crippen LogP contribution in [0, 0.1) is 5.82 Å². The van der Waals surface area contributed by atoms with Crippen LogP contribution in [0.5, 0.6) is 0 Å². The molecule has 40 heavy (non-hydrogen) atoms. The molecule has 1 saturated heterocycles. The van der Waals surface area contributed by atoms with E-state index < -0.39 is 17.8 Å². The molecule has 0 saturated carbocycles. The number of nitrogens with zero attached hydrogens (tertiary/aromatic N) is 3. The lowest BCUT2D eigenvalue weighted by Gasteiger charge is -2.31. The fraction of sp³-hybridized carbons (Fsp3) is 0.357. The highest BCUT2D eigenvalue weighted by molar-refractivity contribution is 7.09. The molecule has 0 spiro atoms. The minimum Gasteiger partial charge on any atom is -0.379 e. The second kappa shape index (κ2) is 13.7. The van der Waals surface area contributed by atoms with E-state index in [0.717, 1.165) is 22.6 Å². The van der Waals surface area contributed by atoms with Gasteiger partial charge in [-0.15, -0.1) is 11.3 Å². The maximum atomic E-state index is 13.6.